The molecule has 5 rings (SSSR count). The lowest BCUT2D eigenvalue weighted by molar-refractivity contribution is -0.281. The van der Waals surface area contributed by atoms with Gasteiger partial charge in [-0.2, -0.15) is 0 Å². The fourth-order valence-corrected chi connectivity index (χ4v) is 5.13. The highest BCUT2D eigenvalue weighted by molar-refractivity contribution is 5.87. The van der Waals surface area contributed by atoms with Crippen molar-refractivity contribution < 1.29 is 48.6 Å². The molecular weight excluding hydrogens is 608 g/mol. The number of ether oxygens (including phenoxy) is 4. The molecular formula is C36H36O11. The van der Waals surface area contributed by atoms with Gasteiger partial charge in [-0.3, -0.25) is 4.79 Å². The quantitative estimate of drug-likeness (QED) is 0.111. The number of aromatic hydroxyl groups is 1. The molecule has 1 saturated heterocycles. The van der Waals surface area contributed by atoms with Gasteiger partial charge in [0.25, 0.3) is 0 Å². The topological polar surface area (TPSA) is 165 Å². The first-order valence-electron chi connectivity index (χ1n) is 14.9. The normalized spacial score (nSPS) is 21.0. The van der Waals surface area contributed by atoms with E-state index in [1.54, 1.807) is 25.3 Å². The first kappa shape index (κ1) is 33.4. The molecule has 1 fully saturated rings. The Morgan fingerprint density at radius 2 is 1.77 bits per heavy atom. The smallest absolute Gasteiger partial charge is 0.331 e. The maximum atomic E-state index is 13.5. The van der Waals surface area contributed by atoms with Crippen LogP contribution in [0.3, 0.4) is 0 Å². The molecule has 0 spiro atoms. The average Bonchev–Trinajstić information content (AvgIpc) is 3.06. The number of fused-ring (bicyclic) bond motifs is 1. The van der Waals surface area contributed by atoms with Crippen molar-refractivity contribution in [1.29, 1.82) is 0 Å². The molecule has 2 heterocycles. The van der Waals surface area contributed by atoms with Gasteiger partial charge >= 0.3 is 5.97 Å². The van der Waals surface area contributed by atoms with Gasteiger partial charge < -0.3 is 43.8 Å². The Morgan fingerprint density at radius 3 is 2.47 bits per heavy atom. The number of phenolic OH excluding ortho intramolecular Hbond substituents is 1. The van der Waals surface area contributed by atoms with Gasteiger partial charge in [-0.15, -0.1) is 0 Å². The van der Waals surface area contributed by atoms with Crippen molar-refractivity contribution in [2.24, 2.45) is 0 Å². The Balaban J connectivity index is 1.39. The number of carbonyl (C=O) groups is 1. The molecule has 0 bridgehead atoms. The zero-order valence-electron chi connectivity index (χ0n) is 26.0. The minimum atomic E-state index is -1.66. The Morgan fingerprint density at radius 1 is 1.00 bits per heavy atom. The second kappa shape index (κ2) is 14.7. The van der Waals surface area contributed by atoms with E-state index in [4.69, 9.17) is 23.4 Å². The fraction of sp³-hybridized carbons (Fsp3) is 0.278. The van der Waals surface area contributed by atoms with Gasteiger partial charge in [-0.1, -0.05) is 29.8 Å². The van der Waals surface area contributed by atoms with E-state index in [9.17, 15) is 30.0 Å². The molecule has 3 aromatic carbocycles. The predicted molar refractivity (Wildman–Crippen MR) is 173 cm³/mol. The molecule has 0 amide bonds. The van der Waals surface area contributed by atoms with Gasteiger partial charge in [0.15, 0.2) is 11.5 Å². The third kappa shape index (κ3) is 7.72. The average molecular weight is 645 g/mol. The van der Waals surface area contributed by atoms with Crippen molar-refractivity contribution >= 4 is 23.0 Å². The molecule has 1 aliphatic heterocycles. The van der Waals surface area contributed by atoms with Crippen LogP contribution in [0, 0.1) is 0 Å². The van der Waals surface area contributed by atoms with Crippen LogP contribution in [0.25, 0.3) is 28.2 Å². The summed E-state index contributed by atoms with van der Waals surface area (Å²) in [6, 6.07) is 16.0. The second-order valence-electron chi connectivity index (χ2n) is 11.3. The number of hydrogen-bond acceptors (Lipinski definition) is 11. The molecule has 0 aliphatic carbocycles. The van der Waals surface area contributed by atoms with Crippen molar-refractivity contribution in [3.63, 3.8) is 0 Å². The highest BCUT2D eigenvalue weighted by Gasteiger charge is 2.47. The number of carbonyl (C=O) groups excluding carboxylic acids is 1. The molecule has 5 atom stereocenters. The van der Waals surface area contributed by atoms with E-state index in [0.717, 1.165) is 17.2 Å². The summed E-state index contributed by atoms with van der Waals surface area (Å²) in [6.45, 7) is 3.37. The molecule has 1 aliphatic rings. The molecule has 246 valence electrons. The van der Waals surface area contributed by atoms with Gasteiger partial charge in [0.2, 0.25) is 6.29 Å². The van der Waals surface area contributed by atoms with E-state index >= 15 is 0 Å². The zero-order chi connectivity index (χ0) is 33.7. The van der Waals surface area contributed by atoms with Crippen LogP contribution in [0.15, 0.2) is 93.9 Å². The molecule has 11 heteroatoms. The van der Waals surface area contributed by atoms with Crippen molar-refractivity contribution in [3.05, 3.63) is 106 Å². The van der Waals surface area contributed by atoms with Gasteiger partial charge in [-0.25, -0.2) is 4.79 Å². The molecule has 47 heavy (non-hydrogen) atoms. The van der Waals surface area contributed by atoms with E-state index in [1.165, 1.54) is 42.7 Å². The van der Waals surface area contributed by atoms with Gasteiger partial charge in [0, 0.05) is 12.1 Å². The molecule has 0 saturated carbocycles. The lowest BCUT2D eigenvalue weighted by atomic mass is 9.99. The van der Waals surface area contributed by atoms with E-state index in [1.807, 2.05) is 26.0 Å². The van der Waals surface area contributed by atoms with Crippen LogP contribution >= 0.6 is 0 Å². The minimum absolute atomic E-state index is 0.0644. The number of allylic oxidation sites excluding steroid dienone is 2. The number of esters is 1. The molecule has 1 aromatic heterocycles. The van der Waals surface area contributed by atoms with Gasteiger partial charge in [-0.05, 0) is 79.4 Å². The predicted octanol–water partition coefficient (Wildman–Crippen LogP) is 4.13. The van der Waals surface area contributed by atoms with Gasteiger partial charge in [0.05, 0.1) is 24.7 Å². The zero-order valence-corrected chi connectivity index (χ0v) is 26.0. The number of hydrogen-bond donors (Lipinski definition) is 4. The Labute approximate surface area is 270 Å². The summed E-state index contributed by atoms with van der Waals surface area (Å²) in [7, 11) is 1.60. The molecule has 0 radical (unpaired) electrons. The van der Waals surface area contributed by atoms with Crippen LogP contribution in [0.1, 0.15) is 25.0 Å². The molecule has 4 aromatic rings. The number of aliphatic hydroxyl groups excluding tert-OH is 3. The van der Waals surface area contributed by atoms with E-state index < -0.39 is 43.3 Å². The SMILES string of the molecule is COc1ccc(-c2coc3cc(O[C@H]4O[C@H](CO)[C@@H](O)[C@H](O)[C@H]4OC(=O)C=Cc4ccc(O)cc4)ccc3c2=O)cc1CC=C(C)C. The Bertz CT molecular complexity index is 1840. The standard InChI is InChI=1S/C36H36O11/c1-20(2)4-8-23-16-22(9-14-28(23)43-3)27-19-44-29-17-25(12-13-26(29)32(27)40)45-36-35(34(42)33(41)30(18-37)46-36)47-31(39)15-7-21-5-10-24(38)11-6-21/h4-7,9-17,19,30,33-38,41-42H,8,18H2,1-3H3/t30-,33-,34+,35-,36+/m1/s1. The summed E-state index contributed by atoms with van der Waals surface area (Å²) in [5.74, 6) is 0.0533. The molecule has 4 N–H and O–H groups in total. The Hall–Kier alpha value is -4.94. The van der Waals surface area contributed by atoms with Crippen LogP contribution in [0.2, 0.25) is 0 Å². The highest BCUT2D eigenvalue weighted by Crippen LogP contribution is 2.30. The summed E-state index contributed by atoms with van der Waals surface area (Å²) in [5, 5.41) is 40.7. The monoisotopic (exact) mass is 644 g/mol. The molecule has 0 unspecified atom stereocenters. The third-order valence-electron chi connectivity index (χ3n) is 7.70. The van der Waals surface area contributed by atoms with Crippen molar-refractivity contribution in [1.82, 2.24) is 0 Å². The Kier molecular flexibility index (Phi) is 10.4. The number of phenols is 1. The maximum absolute atomic E-state index is 13.5. The third-order valence-corrected chi connectivity index (χ3v) is 7.70. The summed E-state index contributed by atoms with van der Waals surface area (Å²) in [5.41, 5.74) is 3.64. The van der Waals surface area contributed by atoms with E-state index in [0.29, 0.717) is 28.9 Å². The lowest BCUT2D eigenvalue weighted by Gasteiger charge is -2.41. The molecule has 11 nitrogen and oxygen atoms in total. The van der Waals surface area contributed by atoms with Gasteiger partial charge in [0.1, 0.15) is 47.4 Å². The van der Waals surface area contributed by atoms with Crippen molar-refractivity contribution in [2.75, 3.05) is 13.7 Å². The minimum Gasteiger partial charge on any atom is -0.508 e. The van der Waals surface area contributed by atoms with Crippen LogP contribution in [-0.4, -0.2) is 70.8 Å². The first-order valence-corrected chi connectivity index (χ1v) is 14.9. The summed E-state index contributed by atoms with van der Waals surface area (Å²) < 4.78 is 28.4. The summed E-state index contributed by atoms with van der Waals surface area (Å²) in [4.78, 5) is 26.2. The highest BCUT2D eigenvalue weighted by atomic mass is 16.7. The second-order valence-corrected chi connectivity index (χ2v) is 11.3. The van der Waals surface area contributed by atoms with Crippen LogP contribution in [-0.2, 0) is 20.7 Å². The number of methoxy groups -OCH3 is 1. The number of benzene rings is 3. The summed E-state index contributed by atoms with van der Waals surface area (Å²) in [6.07, 6.45) is -0.789. The lowest BCUT2D eigenvalue weighted by Crippen LogP contribution is -2.61. The van der Waals surface area contributed by atoms with Crippen LogP contribution in [0.4, 0.5) is 0 Å². The van der Waals surface area contributed by atoms with Crippen LogP contribution < -0.4 is 14.9 Å². The fourth-order valence-electron chi connectivity index (χ4n) is 5.13. The van der Waals surface area contributed by atoms with Crippen molar-refractivity contribution in [2.45, 2.75) is 51.0 Å². The van der Waals surface area contributed by atoms with Crippen molar-refractivity contribution in [3.8, 4) is 28.4 Å². The van der Waals surface area contributed by atoms with Crippen LogP contribution in [0.5, 0.6) is 17.2 Å². The van der Waals surface area contributed by atoms with E-state index in [-0.39, 0.29) is 27.9 Å². The first-order chi connectivity index (χ1) is 22.6. The summed E-state index contributed by atoms with van der Waals surface area (Å²) >= 11 is 0. The maximum Gasteiger partial charge on any atom is 0.331 e. The largest absolute Gasteiger partial charge is 0.508 e. The van der Waals surface area contributed by atoms with E-state index in [2.05, 4.69) is 6.08 Å². The number of rotatable bonds is 10. The number of aliphatic hydroxyl groups is 3.